The Bertz CT molecular complexity index is 639. The summed E-state index contributed by atoms with van der Waals surface area (Å²) in [7, 11) is 0. The highest BCUT2D eigenvalue weighted by Crippen LogP contribution is 2.29. The predicted molar refractivity (Wildman–Crippen MR) is 88.9 cm³/mol. The van der Waals surface area contributed by atoms with Crippen LogP contribution < -0.4 is 10.6 Å². The molecule has 2 amide bonds. The first kappa shape index (κ1) is 17.1. The molecule has 1 aromatic rings. The lowest BCUT2D eigenvalue weighted by Gasteiger charge is -2.28. The number of hydrogen-bond acceptors (Lipinski definition) is 3. The third-order valence-electron chi connectivity index (χ3n) is 3.87. The molecule has 0 unspecified atom stereocenters. The second kappa shape index (κ2) is 6.44. The van der Waals surface area contributed by atoms with E-state index < -0.39 is 12.0 Å². The normalized spacial score (nSPS) is 18.3. The average molecular weight is 316 g/mol. The van der Waals surface area contributed by atoms with Gasteiger partial charge in [0.25, 0.3) is 0 Å². The summed E-state index contributed by atoms with van der Waals surface area (Å²) in [5.41, 5.74) is 3.06. The van der Waals surface area contributed by atoms with Gasteiger partial charge in [0.15, 0.2) is 0 Å². The lowest BCUT2D eigenvalue weighted by atomic mass is 9.85. The third-order valence-corrected chi connectivity index (χ3v) is 3.87. The van der Waals surface area contributed by atoms with Crippen molar-refractivity contribution in [2.75, 3.05) is 6.61 Å². The Morgan fingerprint density at radius 3 is 2.35 bits per heavy atom. The number of ether oxygens (including phenoxy) is 1. The van der Waals surface area contributed by atoms with Crippen molar-refractivity contribution in [2.24, 2.45) is 0 Å². The molecule has 1 atom stereocenters. The SMILES string of the molecule is CCOC(=O)C1=C(C)NC(=O)N[C@@H]1c1ccc(C(C)(C)C)cc1. The maximum absolute atomic E-state index is 12.3. The number of carbonyl (C=O) groups is 2. The first-order valence-electron chi connectivity index (χ1n) is 7.80. The summed E-state index contributed by atoms with van der Waals surface area (Å²) in [6.07, 6.45) is 0. The van der Waals surface area contributed by atoms with Crippen LogP contribution in [0.1, 0.15) is 51.8 Å². The van der Waals surface area contributed by atoms with E-state index in [0.29, 0.717) is 17.9 Å². The molecule has 0 aliphatic carbocycles. The van der Waals surface area contributed by atoms with E-state index in [1.54, 1.807) is 13.8 Å². The molecule has 124 valence electrons. The van der Waals surface area contributed by atoms with E-state index in [2.05, 4.69) is 31.4 Å². The number of urea groups is 1. The van der Waals surface area contributed by atoms with Crippen molar-refractivity contribution in [3.05, 3.63) is 46.7 Å². The number of nitrogens with one attached hydrogen (secondary N) is 2. The van der Waals surface area contributed by atoms with Gasteiger partial charge in [-0.25, -0.2) is 9.59 Å². The Morgan fingerprint density at radius 2 is 1.83 bits per heavy atom. The monoisotopic (exact) mass is 316 g/mol. The van der Waals surface area contributed by atoms with Gasteiger partial charge in [-0.3, -0.25) is 0 Å². The molecule has 1 aromatic carbocycles. The van der Waals surface area contributed by atoms with Gasteiger partial charge in [-0.2, -0.15) is 0 Å². The maximum Gasteiger partial charge on any atom is 0.338 e. The molecule has 1 aliphatic heterocycles. The van der Waals surface area contributed by atoms with Crippen molar-refractivity contribution < 1.29 is 14.3 Å². The zero-order chi connectivity index (χ0) is 17.2. The fourth-order valence-corrected chi connectivity index (χ4v) is 2.60. The van der Waals surface area contributed by atoms with Gasteiger partial charge >= 0.3 is 12.0 Å². The highest BCUT2D eigenvalue weighted by atomic mass is 16.5. The third kappa shape index (κ3) is 3.73. The van der Waals surface area contributed by atoms with E-state index in [1.165, 1.54) is 5.56 Å². The molecule has 0 fully saturated rings. The number of benzene rings is 1. The lowest BCUT2D eigenvalue weighted by molar-refractivity contribution is -0.139. The van der Waals surface area contributed by atoms with Gasteiger partial charge in [0.2, 0.25) is 0 Å². The summed E-state index contributed by atoms with van der Waals surface area (Å²) in [6.45, 7) is 10.2. The average Bonchev–Trinajstić information content (AvgIpc) is 2.45. The van der Waals surface area contributed by atoms with Crippen LogP contribution in [0.2, 0.25) is 0 Å². The molecule has 0 saturated carbocycles. The molecule has 0 bridgehead atoms. The molecule has 0 radical (unpaired) electrons. The van der Waals surface area contributed by atoms with Crippen molar-refractivity contribution in [3.8, 4) is 0 Å². The van der Waals surface area contributed by atoms with Gasteiger partial charge in [0.05, 0.1) is 18.2 Å². The molecule has 0 spiro atoms. The van der Waals surface area contributed by atoms with Crippen LogP contribution >= 0.6 is 0 Å². The largest absolute Gasteiger partial charge is 0.463 e. The van der Waals surface area contributed by atoms with Crippen LogP contribution in [-0.4, -0.2) is 18.6 Å². The minimum absolute atomic E-state index is 0.0472. The number of esters is 1. The van der Waals surface area contributed by atoms with Crippen molar-refractivity contribution in [3.63, 3.8) is 0 Å². The Balaban J connectivity index is 2.40. The molecule has 0 aromatic heterocycles. The van der Waals surface area contributed by atoms with Crippen molar-refractivity contribution >= 4 is 12.0 Å². The van der Waals surface area contributed by atoms with Crippen molar-refractivity contribution in [1.82, 2.24) is 10.6 Å². The molecule has 1 aliphatic rings. The summed E-state index contributed by atoms with van der Waals surface area (Å²) in [5, 5.41) is 5.43. The van der Waals surface area contributed by atoms with E-state index in [1.807, 2.05) is 24.3 Å². The Kier molecular flexibility index (Phi) is 4.78. The molecule has 23 heavy (non-hydrogen) atoms. The smallest absolute Gasteiger partial charge is 0.338 e. The summed E-state index contributed by atoms with van der Waals surface area (Å²) in [5.74, 6) is -0.414. The van der Waals surface area contributed by atoms with E-state index in [0.717, 1.165) is 5.56 Å². The second-order valence-electron chi connectivity index (χ2n) is 6.66. The number of amides is 2. The van der Waals surface area contributed by atoms with Crippen LogP contribution in [0.4, 0.5) is 4.79 Å². The van der Waals surface area contributed by atoms with Crippen molar-refractivity contribution in [2.45, 2.75) is 46.1 Å². The number of hydrogen-bond donors (Lipinski definition) is 2. The van der Waals surface area contributed by atoms with E-state index in [9.17, 15) is 9.59 Å². The number of carbonyl (C=O) groups excluding carboxylic acids is 2. The van der Waals surface area contributed by atoms with Crippen LogP contribution in [0.5, 0.6) is 0 Å². The molecule has 5 heteroatoms. The summed E-state index contributed by atoms with van der Waals surface area (Å²) in [6, 6.07) is 7.13. The molecule has 2 rings (SSSR count). The van der Waals surface area contributed by atoms with Crippen LogP contribution in [0, 0.1) is 0 Å². The first-order chi connectivity index (χ1) is 10.7. The molecular weight excluding hydrogens is 292 g/mol. The zero-order valence-corrected chi connectivity index (χ0v) is 14.3. The van der Waals surface area contributed by atoms with Crippen LogP contribution in [0.3, 0.4) is 0 Å². The minimum Gasteiger partial charge on any atom is -0.463 e. The first-order valence-corrected chi connectivity index (χ1v) is 7.80. The van der Waals surface area contributed by atoms with Gasteiger partial charge in [-0.15, -0.1) is 0 Å². The fourth-order valence-electron chi connectivity index (χ4n) is 2.60. The van der Waals surface area contributed by atoms with Crippen molar-refractivity contribution in [1.29, 1.82) is 0 Å². The highest BCUT2D eigenvalue weighted by Gasteiger charge is 2.32. The van der Waals surface area contributed by atoms with E-state index in [-0.39, 0.29) is 11.4 Å². The number of rotatable bonds is 3. The van der Waals surface area contributed by atoms with Gasteiger partial charge in [0.1, 0.15) is 0 Å². The summed E-state index contributed by atoms with van der Waals surface area (Å²) >= 11 is 0. The summed E-state index contributed by atoms with van der Waals surface area (Å²) in [4.78, 5) is 24.1. The van der Waals surface area contributed by atoms with Gasteiger partial charge in [-0.1, -0.05) is 45.0 Å². The summed E-state index contributed by atoms with van der Waals surface area (Å²) < 4.78 is 5.13. The van der Waals surface area contributed by atoms with Crippen LogP contribution in [0.25, 0.3) is 0 Å². The fraction of sp³-hybridized carbons (Fsp3) is 0.444. The topological polar surface area (TPSA) is 67.4 Å². The molecule has 5 nitrogen and oxygen atoms in total. The van der Waals surface area contributed by atoms with Gasteiger partial charge in [-0.05, 0) is 30.4 Å². The van der Waals surface area contributed by atoms with Gasteiger partial charge < -0.3 is 15.4 Å². The Labute approximate surface area is 137 Å². The quantitative estimate of drug-likeness (QED) is 0.842. The van der Waals surface area contributed by atoms with Gasteiger partial charge in [0, 0.05) is 5.70 Å². The highest BCUT2D eigenvalue weighted by molar-refractivity contribution is 5.95. The maximum atomic E-state index is 12.3. The van der Waals surface area contributed by atoms with Crippen LogP contribution in [0.15, 0.2) is 35.5 Å². The van der Waals surface area contributed by atoms with Crippen LogP contribution in [-0.2, 0) is 14.9 Å². The Morgan fingerprint density at radius 1 is 1.22 bits per heavy atom. The molecule has 0 saturated heterocycles. The second-order valence-corrected chi connectivity index (χ2v) is 6.66. The standard InChI is InChI=1S/C18H24N2O3/c1-6-23-16(21)14-11(2)19-17(22)20-15(14)12-7-9-13(10-8-12)18(3,4)5/h7-10,15H,6H2,1-5H3,(H2,19,20,22)/t15-/m1/s1. The minimum atomic E-state index is -0.503. The lowest BCUT2D eigenvalue weighted by Crippen LogP contribution is -2.45. The Hall–Kier alpha value is -2.30. The van der Waals surface area contributed by atoms with E-state index >= 15 is 0 Å². The molecule has 1 heterocycles. The predicted octanol–water partition coefficient (Wildman–Crippen LogP) is 3.18. The number of allylic oxidation sites excluding steroid dienone is 1. The zero-order valence-electron chi connectivity index (χ0n) is 14.3. The molecule has 2 N–H and O–H groups in total. The van der Waals surface area contributed by atoms with E-state index in [4.69, 9.17) is 4.74 Å². The molecular formula is C18H24N2O3.